The predicted octanol–water partition coefficient (Wildman–Crippen LogP) is 4.26. The Morgan fingerprint density at radius 2 is 1.58 bits per heavy atom. The van der Waals surface area contributed by atoms with Crippen LogP contribution in [0.5, 0.6) is 28.7 Å². The fourth-order valence-corrected chi connectivity index (χ4v) is 4.16. The van der Waals surface area contributed by atoms with E-state index in [1.807, 2.05) is 48.2 Å². The molecule has 1 aliphatic heterocycles. The topological polar surface area (TPSA) is 69.7 Å². The summed E-state index contributed by atoms with van der Waals surface area (Å²) < 4.78 is 28.0. The van der Waals surface area contributed by atoms with Gasteiger partial charge in [0.25, 0.3) is 0 Å². The molecule has 1 aliphatic rings. The number of methoxy groups -OCH3 is 3. The highest BCUT2D eigenvalue weighted by molar-refractivity contribution is 5.92. The monoisotopic (exact) mass is 498 g/mol. The molecule has 0 bridgehead atoms. The molecule has 0 N–H and O–H groups in total. The number of benzene rings is 2. The van der Waals surface area contributed by atoms with Gasteiger partial charge in [-0.2, -0.15) is 0 Å². The molecule has 0 aromatic heterocycles. The Morgan fingerprint density at radius 1 is 0.861 bits per heavy atom. The van der Waals surface area contributed by atoms with Crippen molar-refractivity contribution >= 4 is 12.0 Å². The van der Waals surface area contributed by atoms with Crippen LogP contribution in [0.15, 0.2) is 36.4 Å². The van der Waals surface area contributed by atoms with Gasteiger partial charge in [-0.05, 0) is 43.2 Å². The predicted molar refractivity (Wildman–Crippen MR) is 140 cm³/mol. The normalized spacial score (nSPS) is 14.1. The zero-order chi connectivity index (χ0) is 25.9. The van der Waals surface area contributed by atoms with Gasteiger partial charge in [0.1, 0.15) is 0 Å². The largest absolute Gasteiger partial charge is 0.493 e. The Balaban J connectivity index is 1.58. The molecule has 2 aromatic rings. The van der Waals surface area contributed by atoms with Crippen LogP contribution < -0.4 is 23.7 Å². The molecule has 1 amide bonds. The summed E-state index contributed by atoms with van der Waals surface area (Å²) in [6.45, 7) is 8.76. The molecule has 196 valence electrons. The van der Waals surface area contributed by atoms with E-state index in [1.165, 1.54) is 0 Å². The van der Waals surface area contributed by atoms with Crippen molar-refractivity contribution < 1.29 is 28.5 Å². The van der Waals surface area contributed by atoms with Gasteiger partial charge in [-0.25, -0.2) is 0 Å². The lowest BCUT2D eigenvalue weighted by Crippen LogP contribution is -2.47. The minimum absolute atomic E-state index is 0.00242. The molecule has 8 heteroatoms. The number of ether oxygens (including phenoxy) is 5. The maximum atomic E-state index is 12.8. The molecule has 36 heavy (non-hydrogen) atoms. The zero-order valence-corrected chi connectivity index (χ0v) is 22.0. The molecule has 1 heterocycles. The lowest BCUT2D eigenvalue weighted by Gasteiger charge is -2.34. The van der Waals surface area contributed by atoms with Crippen LogP contribution in [0.4, 0.5) is 0 Å². The van der Waals surface area contributed by atoms with E-state index in [1.54, 1.807) is 27.4 Å². The highest BCUT2D eigenvalue weighted by Crippen LogP contribution is 2.40. The molecule has 1 fully saturated rings. The summed E-state index contributed by atoms with van der Waals surface area (Å²) in [5.41, 5.74) is 1.92. The molecule has 0 radical (unpaired) electrons. The van der Waals surface area contributed by atoms with Crippen LogP contribution in [-0.2, 0) is 11.3 Å². The van der Waals surface area contributed by atoms with Gasteiger partial charge in [-0.15, -0.1) is 0 Å². The molecule has 0 aliphatic carbocycles. The molecule has 0 saturated carbocycles. The summed E-state index contributed by atoms with van der Waals surface area (Å²) in [5, 5.41) is 0. The van der Waals surface area contributed by atoms with Crippen LogP contribution >= 0.6 is 0 Å². The summed E-state index contributed by atoms with van der Waals surface area (Å²) in [5.74, 6) is 3.33. The van der Waals surface area contributed by atoms with E-state index in [0.717, 1.165) is 36.4 Å². The maximum absolute atomic E-state index is 12.8. The van der Waals surface area contributed by atoms with E-state index in [9.17, 15) is 4.79 Å². The SMILES string of the molecule is CCCOc1ccc(C=CC(=O)N2CCN(Cc3ccc(OC)c(OC)c3OC)CC2)cc1OCC. The zero-order valence-electron chi connectivity index (χ0n) is 22.0. The van der Waals surface area contributed by atoms with E-state index in [4.69, 9.17) is 23.7 Å². The number of carbonyl (C=O) groups excluding carboxylic acids is 1. The maximum Gasteiger partial charge on any atom is 0.246 e. The lowest BCUT2D eigenvalue weighted by atomic mass is 10.1. The van der Waals surface area contributed by atoms with Crippen molar-refractivity contribution in [2.45, 2.75) is 26.8 Å². The number of rotatable bonds is 12. The van der Waals surface area contributed by atoms with Crippen molar-refractivity contribution in [2.75, 3.05) is 60.7 Å². The molecule has 0 unspecified atom stereocenters. The fourth-order valence-electron chi connectivity index (χ4n) is 4.16. The smallest absolute Gasteiger partial charge is 0.246 e. The lowest BCUT2D eigenvalue weighted by molar-refractivity contribution is -0.127. The second kappa shape index (κ2) is 13.6. The third-order valence-corrected chi connectivity index (χ3v) is 6.01. The van der Waals surface area contributed by atoms with E-state index < -0.39 is 0 Å². The Bertz CT molecular complexity index is 1030. The highest BCUT2D eigenvalue weighted by Gasteiger charge is 2.22. The van der Waals surface area contributed by atoms with Gasteiger partial charge in [0.05, 0.1) is 34.5 Å². The summed E-state index contributed by atoms with van der Waals surface area (Å²) >= 11 is 0. The molecule has 2 aromatic carbocycles. The molecule has 8 nitrogen and oxygen atoms in total. The average molecular weight is 499 g/mol. The van der Waals surface area contributed by atoms with Crippen LogP contribution in [-0.4, -0.2) is 76.4 Å². The van der Waals surface area contributed by atoms with E-state index >= 15 is 0 Å². The van der Waals surface area contributed by atoms with E-state index in [2.05, 4.69) is 11.8 Å². The van der Waals surface area contributed by atoms with Crippen molar-refractivity contribution in [2.24, 2.45) is 0 Å². The first-order valence-corrected chi connectivity index (χ1v) is 12.4. The third kappa shape index (κ3) is 6.85. The minimum atomic E-state index is 0.00242. The quantitative estimate of drug-likeness (QED) is 0.405. The van der Waals surface area contributed by atoms with Crippen LogP contribution in [0.1, 0.15) is 31.4 Å². The Hall–Kier alpha value is -3.39. The third-order valence-electron chi connectivity index (χ3n) is 6.01. The molecular formula is C28H38N2O6. The number of nitrogens with zero attached hydrogens (tertiary/aromatic N) is 2. The highest BCUT2D eigenvalue weighted by atomic mass is 16.5. The Kier molecular flexibility index (Phi) is 10.3. The van der Waals surface area contributed by atoms with E-state index in [-0.39, 0.29) is 5.91 Å². The summed E-state index contributed by atoms with van der Waals surface area (Å²) in [7, 11) is 4.84. The van der Waals surface area contributed by atoms with Crippen LogP contribution in [0.25, 0.3) is 6.08 Å². The summed E-state index contributed by atoms with van der Waals surface area (Å²) in [6, 6.07) is 9.63. The molecule has 1 saturated heterocycles. The van der Waals surface area contributed by atoms with Gasteiger partial charge in [0, 0.05) is 44.4 Å². The van der Waals surface area contributed by atoms with E-state index in [0.29, 0.717) is 55.8 Å². The van der Waals surface area contributed by atoms with Gasteiger partial charge in [-0.3, -0.25) is 9.69 Å². The standard InChI is InChI=1S/C28H38N2O6/c1-6-18-36-23-11-8-21(19-25(23)35-7-2)9-13-26(31)30-16-14-29(15-17-30)20-22-10-12-24(32-3)28(34-5)27(22)33-4/h8-13,19H,6-7,14-18,20H2,1-5H3. The van der Waals surface area contributed by atoms with Crippen LogP contribution in [0.3, 0.4) is 0 Å². The molecule has 0 atom stereocenters. The number of piperazine rings is 1. The second-order valence-corrected chi connectivity index (χ2v) is 8.42. The first-order valence-electron chi connectivity index (χ1n) is 12.4. The summed E-state index contributed by atoms with van der Waals surface area (Å²) in [4.78, 5) is 17.0. The van der Waals surface area contributed by atoms with Crippen molar-refractivity contribution in [3.05, 3.63) is 47.5 Å². The minimum Gasteiger partial charge on any atom is -0.493 e. The van der Waals surface area contributed by atoms with Gasteiger partial charge in [-0.1, -0.05) is 19.1 Å². The van der Waals surface area contributed by atoms with Gasteiger partial charge in [0.2, 0.25) is 11.7 Å². The first-order chi connectivity index (χ1) is 17.5. The number of amides is 1. The van der Waals surface area contributed by atoms with Crippen molar-refractivity contribution in [3.8, 4) is 28.7 Å². The Labute approximate surface area is 214 Å². The Morgan fingerprint density at radius 3 is 2.22 bits per heavy atom. The molecule has 0 spiro atoms. The van der Waals surface area contributed by atoms with Crippen molar-refractivity contribution in [3.63, 3.8) is 0 Å². The molecule has 3 rings (SSSR count). The van der Waals surface area contributed by atoms with Gasteiger partial charge < -0.3 is 28.6 Å². The summed E-state index contributed by atoms with van der Waals surface area (Å²) in [6.07, 6.45) is 4.39. The average Bonchev–Trinajstić information content (AvgIpc) is 2.91. The first kappa shape index (κ1) is 27.2. The van der Waals surface area contributed by atoms with Crippen LogP contribution in [0, 0.1) is 0 Å². The van der Waals surface area contributed by atoms with Crippen molar-refractivity contribution in [1.29, 1.82) is 0 Å². The van der Waals surface area contributed by atoms with Crippen LogP contribution in [0.2, 0.25) is 0 Å². The second-order valence-electron chi connectivity index (χ2n) is 8.42. The molecular weight excluding hydrogens is 460 g/mol. The number of hydrogen-bond acceptors (Lipinski definition) is 7. The number of hydrogen-bond donors (Lipinski definition) is 0. The number of carbonyl (C=O) groups is 1. The van der Waals surface area contributed by atoms with Gasteiger partial charge >= 0.3 is 0 Å². The van der Waals surface area contributed by atoms with Crippen molar-refractivity contribution in [1.82, 2.24) is 9.80 Å². The van der Waals surface area contributed by atoms with Gasteiger partial charge in [0.15, 0.2) is 23.0 Å². The fraction of sp³-hybridized carbons (Fsp3) is 0.464.